The molecule has 0 aromatic carbocycles. The van der Waals surface area contributed by atoms with Crippen LogP contribution < -0.4 is 0 Å². The molecule has 0 bridgehead atoms. The summed E-state index contributed by atoms with van der Waals surface area (Å²) in [5.74, 6) is 0.215. The van der Waals surface area contributed by atoms with E-state index in [0.29, 0.717) is 6.61 Å². The van der Waals surface area contributed by atoms with Crippen LogP contribution >= 0.6 is 0 Å². The van der Waals surface area contributed by atoms with E-state index in [1.165, 1.54) is 17.1 Å². The van der Waals surface area contributed by atoms with Crippen LogP contribution in [0.5, 0.6) is 0 Å². The Bertz CT molecular complexity index is 652. The van der Waals surface area contributed by atoms with Crippen molar-refractivity contribution in [2.24, 2.45) is 0 Å². The highest BCUT2D eigenvalue weighted by atomic mass is 28.3. The lowest BCUT2D eigenvalue weighted by Crippen LogP contribution is -2.22. The number of alkyl halides is 3. The third-order valence-electron chi connectivity index (χ3n) is 3.07. The van der Waals surface area contributed by atoms with Crippen LogP contribution in [0.15, 0.2) is 24.7 Å². The minimum Gasteiger partial charge on any atom is -0.359 e. The average molecular weight is 344 g/mol. The second kappa shape index (κ2) is 6.79. The highest BCUT2D eigenvalue weighted by molar-refractivity contribution is 6.76. The maximum atomic E-state index is 12.7. The number of hydrogen-bond donors (Lipinski definition) is 0. The molecule has 0 aliphatic heterocycles. The largest absolute Gasteiger partial charge is 0.433 e. The number of rotatable bonds is 6. The Morgan fingerprint density at radius 3 is 2.61 bits per heavy atom. The SMILES string of the molecule is C[Si](C)(C)CCOCn1cnc(-c2ccnc(C(F)(F)F)c2)n1. The molecule has 0 spiro atoms. The van der Waals surface area contributed by atoms with Gasteiger partial charge in [0.1, 0.15) is 18.8 Å². The molecule has 2 aromatic rings. The first-order chi connectivity index (χ1) is 10.6. The number of halogens is 3. The van der Waals surface area contributed by atoms with E-state index in [4.69, 9.17) is 4.74 Å². The normalized spacial score (nSPS) is 12.6. The molecule has 23 heavy (non-hydrogen) atoms. The molecule has 2 rings (SSSR count). The van der Waals surface area contributed by atoms with Crippen LogP contribution in [0.3, 0.4) is 0 Å². The molecule has 0 unspecified atom stereocenters. The molecule has 0 atom stereocenters. The van der Waals surface area contributed by atoms with Crippen molar-refractivity contribution < 1.29 is 17.9 Å². The number of pyridine rings is 1. The zero-order valence-electron chi connectivity index (χ0n) is 13.3. The molecule has 2 aromatic heterocycles. The summed E-state index contributed by atoms with van der Waals surface area (Å²) in [5.41, 5.74) is -0.689. The Balaban J connectivity index is 1.99. The van der Waals surface area contributed by atoms with Crippen LogP contribution in [-0.4, -0.2) is 34.4 Å². The molecular formula is C14H19F3N4OSi. The Morgan fingerprint density at radius 2 is 1.96 bits per heavy atom. The smallest absolute Gasteiger partial charge is 0.359 e. The molecule has 0 fully saturated rings. The van der Waals surface area contributed by atoms with E-state index in [-0.39, 0.29) is 18.1 Å². The average Bonchev–Trinajstić information content (AvgIpc) is 2.91. The molecule has 9 heteroatoms. The second-order valence-corrected chi connectivity index (χ2v) is 12.0. The van der Waals surface area contributed by atoms with E-state index in [0.717, 1.165) is 18.3 Å². The third-order valence-corrected chi connectivity index (χ3v) is 4.77. The van der Waals surface area contributed by atoms with Crippen molar-refractivity contribution in [1.82, 2.24) is 19.7 Å². The Kier molecular flexibility index (Phi) is 5.20. The van der Waals surface area contributed by atoms with Gasteiger partial charge in [-0.15, -0.1) is 5.10 Å². The number of nitrogens with zero attached hydrogens (tertiary/aromatic N) is 4. The molecule has 0 N–H and O–H groups in total. The Morgan fingerprint density at radius 1 is 1.22 bits per heavy atom. The zero-order chi connectivity index (χ0) is 17.1. The quantitative estimate of drug-likeness (QED) is 0.593. The van der Waals surface area contributed by atoms with E-state index in [1.54, 1.807) is 0 Å². The summed E-state index contributed by atoms with van der Waals surface area (Å²) < 4.78 is 45.0. The lowest BCUT2D eigenvalue weighted by Gasteiger charge is -2.15. The van der Waals surface area contributed by atoms with Gasteiger partial charge in [0.05, 0.1) is 0 Å². The maximum absolute atomic E-state index is 12.7. The van der Waals surface area contributed by atoms with Crippen molar-refractivity contribution in [3.8, 4) is 11.4 Å². The minimum absolute atomic E-state index is 0.215. The Hall–Kier alpha value is -1.74. The zero-order valence-corrected chi connectivity index (χ0v) is 14.3. The number of aromatic nitrogens is 4. The topological polar surface area (TPSA) is 52.8 Å². The summed E-state index contributed by atoms with van der Waals surface area (Å²) in [6.07, 6.45) is -1.95. The van der Waals surface area contributed by atoms with Crippen molar-refractivity contribution in [3.05, 3.63) is 30.4 Å². The van der Waals surface area contributed by atoms with Gasteiger partial charge in [-0.3, -0.25) is 4.98 Å². The number of ether oxygens (including phenoxy) is 1. The highest BCUT2D eigenvalue weighted by Gasteiger charge is 2.32. The molecule has 0 saturated carbocycles. The first kappa shape index (κ1) is 17.6. The maximum Gasteiger partial charge on any atom is 0.433 e. The van der Waals surface area contributed by atoms with Crippen LogP contribution in [0.4, 0.5) is 13.2 Å². The van der Waals surface area contributed by atoms with Gasteiger partial charge >= 0.3 is 6.18 Å². The molecule has 0 amide bonds. The van der Waals surface area contributed by atoms with Crippen molar-refractivity contribution in [2.75, 3.05) is 6.61 Å². The molecule has 126 valence electrons. The predicted octanol–water partition coefficient (Wildman–Crippen LogP) is 3.67. The van der Waals surface area contributed by atoms with Crippen LogP contribution in [0.25, 0.3) is 11.4 Å². The van der Waals surface area contributed by atoms with Crippen LogP contribution in [0, 0.1) is 0 Å². The summed E-state index contributed by atoms with van der Waals surface area (Å²) in [6, 6.07) is 3.42. The van der Waals surface area contributed by atoms with Crippen molar-refractivity contribution in [1.29, 1.82) is 0 Å². The first-order valence-electron chi connectivity index (χ1n) is 7.16. The molecule has 0 aliphatic rings. The first-order valence-corrected chi connectivity index (χ1v) is 10.9. The third kappa shape index (κ3) is 5.43. The van der Waals surface area contributed by atoms with Crippen molar-refractivity contribution >= 4 is 8.07 Å². The molecule has 0 radical (unpaired) electrons. The minimum atomic E-state index is -4.49. The van der Waals surface area contributed by atoms with E-state index in [2.05, 4.69) is 34.7 Å². The van der Waals surface area contributed by atoms with Gasteiger partial charge in [0, 0.05) is 26.4 Å². The molecule has 0 saturated heterocycles. The van der Waals surface area contributed by atoms with Gasteiger partial charge in [-0.25, -0.2) is 9.67 Å². The fourth-order valence-electron chi connectivity index (χ4n) is 1.75. The van der Waals surface area contributed by atoms with Gasteiger partial charge in [-0.1, -0.05) is 19.6 Å². The lowest BCUT2D eigenvalue weighted by molar-refractivity contribution is -0.141. The summed E-state index contributed by atoms with van der Waals surface area (Å²) in [6.45, 7) is 7.63. The summed E-state index contributed by atoms with van der Waals surface area (Å²) in [5, 5.41) is 4.13. The second-order valence-electron chi connectivity index (χ2n) is 6.38. The van der Waals surface area contributed by atoms with Crippen molar-refractivity contribution in [3.63, 3.8) is 0 Å². The van der Waals surface area contributed by atoms with Crippen LogP contribution in [-0.2, 0) is 17.6 Å². The van der Waals surface area contributed by atoms with Gasteiger partial charge in [0.15, 0.2) is 5.82 Å². The highest BCUT2D eigenvalue weighted by Crippen LogP contribution is 2.29. The summed E-state index contributed by atoms with van der Waals surface area (Å²) in [7, 11) is -1.15. The van der Waals surface area contributed by atoms with Gasteiger partial charge in [0.2, 0.25) is 0 Å². The van der Waals surface area contributed by atoms with Gasteiger partial charge in [-0.2, -0.15) is 13.2 Å². The fraction of sp³-hybridized carbons (Fsp3) is 0.500. The molecule has 0 aliphatic carbocycles. The van der Waals surface area contributed by atoms with Crippen LogP contribution in [0.1, 0.15) is 5.69 Å². The monoisotopic (exact) mass is 344 g/mol. The predicted molar refractivity (Wildman–Crippen MR) is 82.4 cm³/mol. The van der Waals surface area contributed by atoms with E-state index in [9.17, 15) is 13.2 Å². The standard InChI is InChI=1S/C14H19F3N4OSi/c1-23(2,3)7-6-22-10-21-9-19-13(20-21)11-4-5-18-12(8-11)14(15,16)17/h4-5,8-9H,6-7,10H2,1-3H3. The van der Waals surface area contributed by atoms with E-state index >= 15 is 0 Å². The fourth-order valence-corrected chi connectivity index (χ4v) is 2.51. The van der Waals surface area contributed by atoms with Crippen LogP contribution in [0.2, 0.25) is 25.7 Å². The molecule has 5 nitrogen and oxygen atoms in total. The Labute approximate surface area is 133 Å². The number of hydrogen-bond acceptors (Lipinski definition) is 4. The lowest BCUT2D eigenvalue weighted by atomic mass is 10.2. The summed E-state index contributed by atoms with van der Waals surface area (Å²) in [4.78, 5) is 7.34. The summed E-state index contributed by atoms with van der Waals surface area (Å²) >= 11 is 0. The van der Waals surface area contributed by atoms with E-state index in [1.807, 2.05) is 0 Å². The van der Waals surface area contributed by atoms with Gasteiger partial charge in [0.25, 0.3) is 0 Å². The van der Waals surface area contributed by atoms with Crippen molar-refractivity contribution in [2.45, 2.75) is 38.6 Å². The molecular weight excluding hydrogens is 325 g/mol. The van der Waals surface area contributed by atoms with E-state index < -0.39 is 19.9 Å². The molecule has 2 heterocycles. The van der Waals surface area contributed by atoms with Gasteiger partial charge < -0.3 is 4.74 Å². The van der Waals surface area contributed by atoms with Gasteiger partial charge in [-0.05, 0) is 18.2 Å².